The van der Waals surface area contributed by atoms with Gasteiger partial charge in [0.2, 0.25) is 0 Å². The number of rotatable bonds is 8. The van der Waals surface area contributed by atoms with Crippen LogP contribution in [-0.2, 0) is 10.0 Å². The van der Waals surface area contributed by atoms with E-state index >= 15 is 0 Å². The minimum Gasteiger partial charge on any atom is -0.491 e. The molecule has 0 saturated heterocycles. The number of carbonyl (C=O) groups excluding carboxylic acids is 1. The first-order valence-corrected chi connectivity index (χ1v) is 12.2. The average Bonchev–Trinajstić information content (AvgIpc) is 2.75. The van der Waals surface area contributed by atoms with Crippen molar-refractivity contribution < 1.29 is 17.9 Å². The molecule has 0 saturated carbocycles. The Morgan fingerprint density at radius 3 is 2.21 bits per heavy atom. The van der Waals surface area contributed by atoms with Crippen LogP contribution < -0.4 is 14.8 Å². The van der Waals surface area contributed by atoms with Crippen molar-refractivity contribution in [1.29, 1.82) is 0 Å². The molecule has 0 aliphatic rings. The smallest absolute Gasteiger partial charge is 0.262 e. The summed E-state index contributed by atoms with van der Waals surface area (Å²) in [6, 6.07) is 16.2. The molecule has 0 heterocycles. The molecule has 0 aromatic heterocycles. The minimum absolute atomic E-state index is 0.0718. The number of benzene rings is 3. The zero-order valence-electron chi connectivity index (χ0n) is 19.7. The van der Waals surface area contributed by atoms with E-state index in [0.29, 0.717) is 24.4 Å². The lowest BCUT2D eigenvalue weighted by molar-refractivity contribution is 0.0946. The zero-order valence-corrected chi connectivity index (χ0v) is 20.5. The molecule has 33 heavy (non-hydrogen) atoms. The van der Waals surface area contributed by atoms with Crippen LogP contribution in [0.3, 0.4) is 0 Å². The van der Waals surface area contributed by atoms with Crippen LogP contribution in [0.2, 0.25) is 0 Å². The minimum atomic E-state index is -3.86. The van der Waals surface area contributed by atoms with Crippen LogP contribution in [0.5, 0.6) is 5.75 Å². The molecule has 3 rings (SSSR count). The third-order valence-electron chi connectivity index (χ3n) is 5.35. The molecular formula is C26H30N2O4S. The van der Waals surface area contributed by atoms with Gasteiger partial charge in [-0.15, -0.1) is 0 Å². The highest BCUT2D eigenvalue weighted by atomic mass is 32.2. The Hall–Kier alpha value is -3.32. The van der Waals surface area contributed by atoms with E-state index in [4.69, 9.17) is 4.74 Å². The lowest BCUT2D eigenvalue weighted by atomic mass is 10.1. The van der Waals surface area contributed by atoms with Gasteiger partial charge >= 0.3 is 0 Å². The highest BCUT2D eigenvalue weighted by Crippen LogP contribution is 2.24. The van der Waals surface area contributed by atoms with Crippen LogP contribution >= 0.6 is 0 Å². The van der Waals surface area contributed by atoms with E-state index in [9.17, 15) is 13.2 Å². The van der Waals surface area contributed by atoms with Gasteiger partial charge < -0.3 is 10.1 Å². The van der Waals surface area contributed by atoms with Gasteiger partial charge in [0.15, 0.2) is 0 Å². The number of nitrogens with one attached hydrogen (secondary N) is 2. The molecule has 2 N–H and O–H groups in total. The number of carbonyl (C=O) groups is 1. The van der Waals surface area contributed by atoms with Crippen molar-refractivity contribution in [2.24, 2.45) is 0 Å². The Bertz CT molecular complexity index is 1280. The van der Waals surface area contributed by atoms with Crippen LogP contribution in [0.1, 0.15) is 38.2 Å². The molecule has 0 unspecified atom stereocenters. The number of hydrogen-bond donors (Lipinski definition) is 2. The molecule has 0 fully saturated rings. The van der Waals surface area contributed by atoms with Crippen molar-refractivity contribution in [2.45, 2.75) is 39.5 Å². The third-order valence-corrected chi connectivity index (χ3v) is 6.86. The largest absolute Gasteiger partial charge is 0.491 e. The Morgan fingerprint density at radius 1 is 0.818 bits per heavy atom. The van der Waals surface area contributed by atoms with Crippen LogP contribution in [0.15, 0.2) is 59.5 Å². The maximum Gasteiger partial charge on any atom is 0.262 e. The van der Waals surface area contributed by atoms with Gasteiger partial charge in [-0.2, -0.15) is 0 Å². The second-order valence-corrected chi connectivity index (χ2v) is 9.93. The molecule has 0 bridgehead atoms. The summed E-state index contributed by atoms with van der Waals surface area (Å²) in [7, 11) is -3.86. The summed E-state index contributed by atoms with van der Waals surface area (Å²) in [5, 5.41) is 2.79. The Balaban J connectivity index is 1.68. The van der Waals surface area contributed by atoms with E-state index < -0.39 is 10.0 Å². The van der Waals surface area contributed by atoms with Gasteiger partial charge in [0.25, 0.3) is 15.9 Å². The highest BCUT2D eigenvalue weighted by molar-refractivity contribution is 7.92. The topological polar surface area (TPSA) is 84.5 Å². The maximum absolute atomic E-state index is 13.1. The normalized spacial score (nSPS) is 11.2. The van der Waals surface area contributed by atoms with Gasteiger partial charge in [0, 0.05) is 5.56 Å². The SMILES string of the molecule is Cc1ccc(OCCNC(=O)c2ccc(C)c(S(=O)(=O)Nc3cc(C)ccc3C)c2)c(C)c1. The number of amides is 1. The highest BCUT2D eigenvalue weighted by Gasteiger charge is 2.20. The fourth-order valence-electron chi connectivity index (χ4n) is 3.47. The van der Waals surface area contributed by atoms with Crippen molar-refractivity contribution in [1.82, 2.24) is 5.32 Å². The molecule has 0 aliphatic heterocycles. The molecule has 7 heteroatoms. The zero-order chi connectivity index (χ0) is 24.2. The lowest BCUT2D eigenvalue weighted by Crippen LogP contribution is -2.28. The Kier molecular flexibility index (Phi) is 7.43. The second kappa shape index (κ2) is 10.1. The van der Waals surface area contributed by atoms with E-state index in [2.05, 4.69) is 10.0 Å². The quantitative estimate of drug-likeness (QED) is 0.465. The first-order valence-electron chi connectivity index (χ1n) is 10.8. The first kappa shape index (κ1) is 24.3. The number of ether oxygens (including phenoxy) is 1. The summed E-state index contributed by atoms with van der Waals surface area (Å²) in [6.07, 6.45) is 0. The number of anilines is 1. The van der Waals surface area contributed by atoms with Crippen molar-refractivity contribution in [3.05, 3.63) is 88.0 Å². The van der Waals surface area contributed by atoms with Gasteiger partial charge in [-0.1, -0.05) is 35.9 Å². The predicted octanol–water partition coefficient (Wildman–Crippen LogP) is 4.84. The summed E-state index contributed by atoms with van der Waals surface area (Å²) in [5.74, 6) is 0.415. The van der Waals surface area contributed by atoms with Gasteiger partial charge in [-0.05, 0) is 81.1 Å². The van der Waals surface area contributed by atoms with Crippen molar-refractivity contribution in [3.63, 3.8) is 0 Å². The molecule has 174 valence electrons. The van der Waals surface area contributed by atoms with E-state index in [1.54, 1.807) is 25.1 Å². The molecule has 3 aromatic rings. The average molecular weight is 467 g/mol. The fourth-order valence-corrected chi connectivity index (χ4v) is 4.86. The molecular weight excluding hydrogens is 436 g/mol. The van der Waals surface area contributed by atoms with E-state index in [-0.39, 0.29) is 16.4 Å². The maximum atomic E-state index is 13.1. The second-order valence-electron chi connectivity index (χ2n) is 8.28. The summed E-state index contributed by atoms with van der Waals surface area (Å²) in [6.45, 7) is 10.0. The van der Waals surface area contributed by atoms with Gasteiger partial charge in [-0.25, -0.2) is 8.42 Å². The molecule has 1 amide bonds. The van der Waals surface area contributed by atoms with Crippen LogP contribution in [0.25, 0.3) is 0 Å². The number of aryl methyl sites for hydroxylation is 5. The number of hydrogen-bond acceptors (Lipinski definition) is 4. The van der Waals surface area contributed by atoms with Crippen molar-refractivity contribution >= 4 is 21.6 Å². The Morgan fingerprint density at radius 2 is 1.48 bits per heavy atom. The summed E-state index contributed by atoms with van der Waals surface area (Å²) >= 11 is 0. The van der Waals surface area contributed by atoms with E-state index in [1.165, 1.54) is 6.07 Å². The van der Waals surface area contributed by atoms with Gasteiger partial charge in [-0.3, -0.25) is 9.52 Å². The monoisotopic (exact) mass is 466 g/mol. The van der Waals surface area contributed by atoms with Crippen molar-refractivity contribution in [3.8, 4) is 5.75 Å². The summed E-state index contributed by atoms with van der Waals surface area (Å²) < 4.78 is 34.5. The molecule has 3 aromatic carbocycles. The summed E-state index contributed by atoms with van der Waals surface area (Å²) in [5.41, 5.74) is 5.31. The van der Waals surface area contributed by atoms with Crippen LogP contribution in [-0.4, -0.2) is 27.5 Å². The fraction of sp³-hybridized carbons (Fsp3) is 0.269. The van der Waals surface area contributed by atoms with Gasteiger partial charge in [0.1, 0.15) is 12.4 Å². The molecule has 0 aliphatic carbocycles. The molecule has 0 spiro atoms. The summed E-state index contributed by atoms with van der Waals surface area (Å²) in [4.78, 5) is 12.7. The molecule has 6 nitrogen and oxygen atoms in total. The van der Waals surface area contributed by atoms with E-state index in [1.807, 2.05) is 58.0 Å². The molecule has 0 atom stereocenters. The van der Waals surface area contributed by atoms with Gasteiger partial charge in [0.05, 0.1) is 17.1 Å². The lowest BCUT2D eigenvalue weighted by Gasteiger charge is -2.14. The number of sulfonamides is 1. The molecule has 0 radical (unpaired) electrons. The first-order chi connectivity index (χ1) is 15.6. The van der Waals surface area contributed by atoms with Crippen LogP contribution in [0, 0.1) is 34.6 Å². The Labute approximate surface area is 196 Å². The van der Waals surface area contributed by atoms with Crippen LogP contribution in [0.4, 0.5) is 5.69 Å². The van der Waals surface area contributed by atoms with Crippen molar-refractivity contribution in [2.75, 3.05) is 17.9 Å². The predicted molar refractivity (Wildman–Crippen MR) is 132 cm³/mol. The van der Waals surface area contributed by atoms with E-state index in [0.717, 1.165) is 28.0 Å². The standard InChI is InChI=1S/C26H30N2O4S/c1-17-7-11-24(21(5)14-17)32-13-12-27-26(29)22-10-9-20(4)25(16-22)33(30,31)28-23-15-18(2)6-8-19(23)3/h6-11,14-16,28H,12-13H2,1-5H3,(H,27,29). The third kappa shape index (κ3) is 6.14.